The second-order valence-electron chi connectivity index (χ2n) is 3.15. The number of aromatic nitrogens is 5. The normalized spacial score (nSPS) is 10.2. The van der Waals surface area contributed by atoms with E-state index in [4.69, 9.17) is 5.73 Å². The number of hydrogen-bond donors (Lipinski definition) is 3. The van der Waals surface area contributed by atoms with Crippen LogP contribution in [0.2, 0.25) is 0 Å². The molecule has 2 heterocycles. The van der Waals surface area contributed by atoms with Crippen molar-refractivity contribution in [3.8, 4) is 0 Å². The molecule has 0 unspecified atom stereocenters. The van der Waals surface area contributed by atoms with E-state index in [9.17, 15) is 4.79 Å². The molecule has 2 aromatic heterocycles. The van der Waals surface area contributed by atoms with E-state index < -0.39 is 0 Å². The van der Waals surface area contributed by atoms with Gasteiger partial charge in [0.2, 0.25) is 5.91 Å². The third-order valence-electron chi connectivity index (χ3n) is 1.88. The van der Waals surface area contributed by atoms with Gasteiger partial charge < -0.3 is 11.1 Å². The van der Waals surface area contributed by atoms with Crippen LogP contribution < -0.4 is 11.1 Å². The lowest BCUT2D eigenvalue weighted by Gasteiger charge is -2.02. The second-order valence-corrected chi connectivity index (χ2v) is 3.15. The Kier molecular flexibility index (Phi) is 2.81. The Morgan fingerprint density at radius 2 is 2.50 bits per heavy atom. The molecular formula is C8H11N7O. The highest BCUT2D eigenvalue weighted by atomic mass is 16.2. The van der Waals surface area contributed by atoms with Gasteiger partial charge >= 0.3 is 0 Å². The summed E-state index contributed by atoms with van der Waals surface area (Å²) in [6.07, 6.45) is 3.03. The van der Waals surface area contributed by atoms with E-state index in [2.05, 4.69) is 25.6 Å². The molecule has 8 heteroatoms. The van der Waals surface area contributed by atoms with Crippen molar-refractivity contribution in [1.29, 1.82) is 0 Å². The first-order chi connectivity index (χ1) is 7.74. The zero-order valence-corrected chi connectivity index (χ0v) is 8.42. The van der Waals surface area contributed by atoms with Crippen LogP contribution in [0, 0.1) is 0 Å². The quantitative estimate of drug-likeness (QED) is 0.606. The van der Waals surface area contributed by atoms with E-state index in [1.165, 1.54) is 11.0 Å². The summed E-state index contributed by atoms with van der Waals surface area (Å²) in [5.74, 6) is 0.830. The van der Waals surface area contributed by atoms with Crippen LogP contribution in [0.1, 0.15) is 5.82 Å². The van der Waals surface area contributed by atoms with E-state index in [-0.39, 0.29) is 12.5 Å². The van der Waals surface area contributed by atoms with Gasteiger partial charge in [-0.3, -0.25) is 14.6 Å². The molecule has 0 atom stereocenters. The van der Waals surface area contributed by atoms with Crippen molar-refractivity contribution >= 4 is 11.7 Å². The number of nitrogens with zero attached hydrogens (tertiary/aromatic N) is 4. The van der Waals surface area contributed by atoms with Gasteiger partial charge in [0.1, 0.15) is 24.5 Å². The van der Waals surface area contributed by atoms with Crippen molar-refractivity contribution in [1.82, 2.24) is 30.3 Å². The first-order valence-corrected chi connectivity index (χ1v) is 4.64. The summed E-state index contributed by atoms with van der Waals surface area (Å²) in [7, 11) is 0. The molecule has 8 nitrogen and oxygen atoms in total. The van der Waals surface area contributed by atoms with E-state index in [1.807, 2.05) is 0 Å². The van der Waals surface area contributed by atoms with Crippen LogP contribution in [0.25, 0.3) is 0 Å². The molecule has 0 aliphatic heterocycles. The highest BCUT2D eigenvalue weighted by Crippen LogP contribution is 1.95. The molecule has 2 rings (SSSR count). The second kappa shape index (κ2) is 4.43. The molecule has 0 radical (unpaired) electrons. The van der Waals surface area contributed by atoms with Crippen LogP contribution in [0.5, 0.6) is 0 Å². The number of anilines is 1. The Balaban J connectivity index is 1.81. The minimum absolute atomic E-state index is 0.130. The zero-order valence-electron chi connectivity index (χ0n) is 8.42. The number of H-pyrrole nitrogens is 1. The Morgan fingerprint density at radius 3 is 3.12 bits per heavy atom. The van der Waals surface area contributed by atoms with E-state index in [0.717, 1.165) is 0 Å². The van der Waals surface area contributed by atoms with Crippen LogP contribution >= 0.6 is 0 Å². The first kappa shape index (κ1) is 10.1. The van der Waals surface area contributed by atoms with Gasteiger partial charge in [-0.05, 0) is 6.07 Å². The molecule has 16 heavy (non-hydrogen) atoms. The van der Waals surface area contributed by atoms with Crippen LogP contribution in [-0.4, -0.2) is 30.9 Å². The van der Waals surface area contributed by atoms with Crippen LogP contribution in [0.15, 0.2) is 18.6 Å². The predicted octanol–water partition coefficient (Wildman–Crippen LogP) is -1.10. The van der Waals surface area contributed by atoms with Crippen molar-refractivity contribution in [2.45, 2.75) is 13.1 Å². The van der Waals surface area contributed by atoms with Crippen molar-refractivity contribution in [2.24, 2.45) is 0 Å². The van der Waals surface area contributed by atoms with Crippen molar-refractivity contribution in [3.05, 3.63) is 24.4 Å². The van der Waals surface area contributed by atoms with Gasteiger partial charge in [0.15, 0.2) is 0 Å². The average molecular weight is 221 g/mol. The Labute approximate surface area is 90.9 Å². The Morgan fingerprint density at radius 1 is 1.62 bits per heavy atom. The number of carbonyl (C=O) groups excluding carboxylic acids is 1. The smallest absolute Gasteiger partial charge is 0.242 e. The number of carbonyl (C=O) groups is 1. The van der Waals surface area contributed by atoms with Gasteiger partial charge in [-0.2, -0.15) is 10.2 Å². The number of nitrogens with two attached hydrogens (primary N) is 1. The summed E-state index contributed by atoms with van der Waals surface area (Å²) in [4.78, 5) is 15.3. The fraction of sp³-hybridized carbons (Fsp3) is 0.250. The zero-order chi connectivity index (χ0) is 11.4. The highest BCUT2D eigenvalue weighted by Gasteiger charge is 2.04. The van der Waals surface area contributed by atoms with Crippen LogP contribution in [0.4, 0.5) is 5.82 Å². The maximum atomic E-state index is 11.4. The van der Waals surface area contributed by atoms with Crippen molar-refractivity contribution in [2.75, 3.05) is 5.73 Å². The molecule has 0 saturated carbocycles. The molecule has 4 N–H and O–H groups in total. The molecule has 0 aliphatic carbocycles. The van der Waals surface area contributed by atoms with Gasteiger partial charge in [0.05, 0.1) is 6.54 Å². The minimum Gasteiger partial charge on any atom is -0.382 e. The fourth-order valence-electron chi connectivity index (χ4n) is 1.17. The van der Waals surface area contributed by atoms with Gasteiger partial charge in [0, 0.05) is 6.20 Å². The lowest BCUT2D eigenvalue weighted by molar-refractivity contribution is -0.122. The van der Waals surface area contributed by atoms with Gasteiger partial charge in [-0.1, -0.05) is 0 Å². The standard InChI is InChI=1S/C8H11N7O/c9-6-1-2-15(14-6)4-8(16)10-3-7-11-5-12-13-7/h1-2,5H,3-4H2,(H2,9,14)(H,10,16)(H,11,12,13). The van der Waals surface area contributed by atoms with E-state index >= 15 is 0 Å². The molecule has 84 valence electrons. The highest BCUT2D eigenvalue weighted by molar-refractivity contribution is 5.75. The number of nitrogen functional groups attached to an aromatic ring is 1. The maximum absolute atomic E-state index is 11.4. The molecule has 0 saturated heterocycles. The SMILES string of the molecule is Nc1ccn(CC(=O)NCc2ncn[nH]2)n1. The number of rotatable bonds is 4. The summed E-state index contributed by atoms with van der Waals surface area (Å²) < 4.78 is 1.46. The average Bonchev–Trinajstić information content (AvgIpc) is 2.87. The summed E-state index contributed by atoms with van der Waals surface area (Å²) in [5.41, 5.74) is 5.42. The molecular weight excluding hydrogens is 210 g/mol. The summed E-state index contributed by atoms with van der Waals surface area (Å²) in [6.45, 7) is 0.445. The summed E-state index contributed by atoms with van der Waals surface area (Å²) >= 11 is 0. The van der Waals surface area contributed by atoms with Crippen molar-refractivity contribution < 1.29 is 4.79 Å². The number of amides is 1. The molecule has 1 amide bonds. The topological polar surface area (TPSA) is 115 Å². The van der Waals surface area contributed by atoms with Crippen LogP contribution in [0.3, 0.4) is 0 Å². The fourth-order valence-corrected chi connectivity index (χ4v) is 1.17. The van der Waals surface area contributed by atoms with E-state index in [1.54, 1.807) is 12.3 Å². The van der Waals surface area contributed by atoms with E-state index in [0.29, 0.717) is 18.2 Å². The number of hydrogen-bond acceptors (Lipinski definition) is 5. The monoisotopic (exact) mass is 221 g/mol. The van der Waals surface area contributed by atoms with Crippen molar-refractivity contribution in [3.63, 3.8) is 0 Å². The number of nitrogens with one attached hydrogen (secondary N) is 2. The molecule has 0 fully saturated rings. The molecule has 2 aromatic rings. The first-order valence-electron chi connectivity index (χ1n) is 4.64. The summed E-state index contributed by atoms with van der Waals surface area (Å²) in [5, 5.41) is 12.9. The lowest BCUT2D eigenvalue weighted by Crippen LogP contribution is -2.27. The predicted molar refractivity (Wildman–Crippen MR) is 54.9 cm³/mol. The maximum Gasteiger partial charge on any atom is 0.242 e. The van der Waals surface area contributed by atoms with Gasteiger partial charge in [0.25, 0.3) is 0 Å². The molecule has 0 bridgehead atoms. The molecule has 0 aromatic carbocycles. The number of aromatic amines is 1. The minimum atomic E-state index is -0.167. The largest absolute Gasteiger partial charge is 0.382 e. The summed E-state index contributed by atoms with van der Waals surface area (Å²) in [6, 6.07) is 1.63. The third-order valence-corrected chi connectivity index (χ3v) is 1.88. The molecule has 0 spiro atoms. The van der Waals surface area contributed by atoms with Crippen LogP contribution in [-0.2, 0) is 17.9 Å². The molecule has 0 aliphatic rings. The van der Waals surface area contributed by atoms with Gasteiger partial charge in [-0.25, -0.2) is 4.98 Å². The third kappa shape index (κ3) is 2.56. The lowest BCUT2D eigenvalue weighted by atomic mass is 10.5. The Hall–Kier alpha value is -2.38. The van der Waals surface area contributed by atoms with Gasteiger partial charge in [-0.15, -0.1) is 0 Å². The Bertz CT molecular complexity index is 460.